The van der Waals surface area contributed by atoms with Crippen LogP contribution in [0.15, 0.2) is 12.4 Å². The van der Waals surface area contributed by atoms with Gasteiger partial charge in [-0.15, -0.1) is 0 Å². The van der Waals surface area contributed by atoms with Gasteiger partial charge in [0.1, 0.15) is 5.69 Å². The molecule has 6 nitrogen and oxygen atoms in total. The number of carbonyl (C=O) groups is 1. The Hall–Kier alpha value is -1.53. The molecule has 3 rings (SSSR count). The molecule has 114 valence electrons. The van der Waals surface area contributed by atoms with Crippen LogP contribution < -0.4 is 5.32 Å². The fourth-order valence-electron chi connectivity index (χ4n) is 3.34. The molecule has 2 aliphatic rings. The highest BCUT2D eigenvalue weighted by Gasteiger charge is 2.39. The standard InChI is InChI=1S/C15H22N4O2/c1-10-8-17-12(9-16-10)15(21)18-11-4-5-13(14(11)20)19-6-2-3-7-19/h8-9,11,13-14,20H,2-7H2,1H3,(H,18,21)/t11-,13-,14-/m1/s1. The summed E-state index contributed by atoms with van der Waals surface area (Å²) in [6, 6.07) is -0.00638. The molecule has 0 bridgehead atoms. The molecule has 1 aliphatic carbocycles. The molecule has 2 fully saturated rings. The summed E-state index contributed by atoms with van der Waals surface area (Å²) in [7, 11) is 0. The zero-order valence-corrected chi connectivity index (χ0v) is 12.3. The average molecular weight is 290 g/mol. The number of aliphatic hydroxyl groups is 1. The van der Waals surface area contributed by atoms with Crippen LogP contribution in [0.25, 0.3) is 0 Å². The summed E-state index contributed by atoms with van der Waals surface area (Å²) in [5.41, 5.74) is 1.08. The second-order valence-electron chi connectivity index (χ2n) is 6.00. The summed E-state index contributed by atoms with van der Waals surface area (Å²) >= 11 is 0. The van der Waals surface area contributed by atoms with E-state index in [0.29, 0.717) is 5.69 Å². The van der Waals surface area contributed by atoms with Gasteiger partial charge < -0.3 is 10.4 Å². The van der Waals surface area contributed by atoms with Crippen LogP contribution in [0, 0.1) is 6.92 Å². The van der Waals surface area contributed by atoms with E-state index in [4.69, 9.17) is 0 Å². The number of amides is 1. The van der Waals surface area contributed by atoms with E-state index < -0.39 is 6.10 Å². The third-order valence-corrected chi connectivity index (χ3v) is 4.52. The topological polar surface area (TPSA) is 78.4 Å². The van der Waals surface area contributed by atoms with E-state index >= 15 is 0 Å². The molecule has 1 aromatic heterocycles. The Balaban J connectivity index is 1.60. The summed E-state index contributed by atoms with van der Waals surface area (Å²) in [6.45, 7) is 3.95. The zero-order chi connectivity index (χ0) is 14.8. The Labute approximate surface area is 124 Å². The summed E-state index contributed by atoms with van der Waals surface area (Å²) in [5, 5.41) is 13.4. The van der Waals surface area contributed by atoms with Crippen LogP contribution in [-0.4, -0.2) is 57.2 Å². The quantitative estimate of drug-likeness (QED) is 0.847. The molecule has 1 saturated heterocycles. The molecule has 1 aliphatic heterocycles. The summed E-state index contributed by atoms with van der Waals surface area (Å²) in [6.07, 6.45) is 6.72. The van der Waals surface area contributed by atoms with Gasteiger partial charge in [-0.2, -0.15) is 0 Å². The van der Waals surface area contributed by atoms with Crippen LogP contribution >= 0.6 is 0 Å². The first kappa shape index (κ1) is 14.4. The predicted molar refractivity (Wildman–Crippen MR) is 77.9 cm³/mol. The maximum Gasteiger partial charge on any atom is 0.271 e. The summed E-state index contributed by atoms with van der Waals surface area (Å²) in [4.78, 5) is 22.6. The predicted octanol–water partition coefficient (Wildman–Crippen LogP) is 0.503. The molecule has 3 atom stereocenters. The van der Waals surface area contributed by atoms with Gasteiger partial charge in [0, 0.05) is 12.2 Å². The van der Waals surface area contributed by atoms with E-state index in [1.54, 1.807) is 6.20 Å². The average Bonchev–Trinajstić information content (AvgIpc) is 3.10. The number of aryl methyl sites for hydroxylation is 1. The minimum atomic E-state index is -0.495. The lowest BCUT2D eigenvalue weighted by molar-refractivity contribution is 0.0617. The molecule has 21 heavy (non-hydrogen) atoms. The lowest BCUT2D eigenvalue weighted by Crippen LogP contribution is -2.47. The van der Waals surface area contributed by atoms with Crippen molar-refractivity contribution in [3.05, 3.63) is 23.8 Å². The monoisotopic (exact) mass is 290 g/mol. The van der Waals surface area contributed by atoms with E-state index in [0.717, 1.165) is 31.6 Å². The van der Waals surface area contributed by atoms with Gasteiger partial charge in [0.2, 0.25) is 0 Å². The van der Waals surface area contributed by atoms with Crippen molar-refractivity contribution < 1.29 is 9.90 Å². The summed E-state index contributed by atoms with van der Waals surface area (Å²) < 4.78 is 0. The molecule has 0 spiro atoms. The van der Waals surface area contributed by atoms with E-state index in [9.17, 15) is 9.90 Å². The van der Waals surface area contributed by atoms with Crippen molar-refractivity contribution in [3.8, 4) is 0 Å². The van der Waals surface area contributed by atoms with E-state index in [-0.39, 0.29) is 18.0 Å². The molecule has 0 radical (unpaired) electrons. The smallest absolute Gasteiger partial charge is 0.271 e. The Kier molecular flexibility index (Phi) is 4.17. The van der Waals surface area contributed by atoms with Crippen molar-refractivity contribution in [1.29, 1.82) is 0 Å². The first-order valence-electron chi connectivity index (χ1n) is 7.67. The minimum absolute atomic E-state index is 0.182. The summed E-state index contributed by atoms with van der Waals surface area (Å²) in [5.74, 6) is -0.256. The van der Waals surface area contributed by atoms with E-state index in [1.165, 1.54) is 19.0 Å². The molecular weight excluding hydrogens is 268 g/mol. The largest absolute Gasteiger partial charge is 0.389 e. The number of aromatic nitrogens is 2. The van der Waals surface area contributed by atoms with Gasteiger partial charge in [0.05, 0.1) is 24.0 Å². The molecular formula is C15H22N4O2. The number of rotatable bonds is 3. The first-order valence-corrected chi connectivity index (χ1v) is 7.67. The number of hydrogen-bond acceptors (Lipinski definition) is 5. The van der Waals surface area contributed by atoms with Gasteiger partial charge in [-0.25, -0.2) is 4.98 Å². The SMILES string of the molecule is Cc1cnc(C(=O)N[C@@H]2CC[C@@H](N3CCCC3)[C@@H]2O)cn1. The van der Waals surface area contributed by atoms with Crippen molar-refractivity contribution in [2.75, 3.05) is 13.1 Å². The number of aliphatic hydroxyl groups excluding tert-OH is 1. The highest BCUT2D eigenvalue weighted by Crippen LogP contribution is 2.27. The second kappa shape index (κ2) is 6.07. The molecule has 6 heteroatoms. The fraction of sp³-hybridized carbons (Fsp3) is 0.667. The lowest BCUT2D eigenvalue weighted by Gasteiger charge is -2.28. The number of nitrogens with zero attached hydrogens (tertiary/aromatic N) is 3. The van der Waals surface area contributed by atoms with Gasteiger partial charge in [0.15, 0.2) is 0 Å². The van der Waals surface area contributed by atoms with Gasteiger partial charge in [-0.05, 0) is 45.7 Å². The van der Waals surface area contributed by atoms with Crippen LogP contribution in [0.5, 0.6) is 0 Å². The highest BCUT2D eigenvalue weighted by atomic mass is 16.3. The third-order valence-electron chi connectivity index (χ3n) is 4.52. The normalized spacial score (nSPS) is 29.7. The third kappa shape index (κ3) is 3.06. The minimum Gasteiger partial charge on any atom is -0.389 e. The Bertz CT molecular complexity index is 499. The maximum atomic E-state index is 12.1. The molecule has 2 heterocycles. The Morgan fingerprint density at radius 3 is 2.71 bits per heavy atom. The van der Waals surface area contributed by atoms with Crippen molar-refractivity contribution in [1.82, 2.24) is 20.2 Å². The maximum absolute atomic E-state index is 12.1. The van der Waals surface area contributed by atoms with Crippen molar-refractivity contribution >= 4 is 5.91 Å². The van der Waals surface area contributed by atoms with Gasteiger partial charge >= 0.3 is 0 Å². The molecule has 1 amide bonds. The van der Waals surface area contributed by atoms with Gasteiger partial charge in [0.25, 0.3) is 5.91 Å². The van der Waals surface area contributed by atoms with E-state index in [1.807, 2.05) is 6.92 Å². The molecule has 2 N–H and O–H groups in total. The van der Waals surface area contributed by atoms with Gasteiger partial charge in [-0.1, -0.05) is 0 Å². The second-order valence-corrected chi connectivity index (χ2v) is 6.00. The zero-order valence-electron chi connectivity index (χ0n) is 12.3. The Morgan fingerprint density at radius 2 is 2.05 bits per heavy atom. The van der Waals surface area contributed by atoms with Crippen LogP contribution in [-0.2, 0) is 0 Å². The number of hydrogen-bond donors (Lipinski definition) is 2. The van der Waals surface area contributed by atoms with Crippen molar-refractivity contribution in [2.45, 2.75) is 50.8 Å². The lowest BCUT2D eigenvalue weighted by atomic mass is 10.1. The van der Waals surface area contributed by atoms with Crippen LogP contribution in [0.3, 0.4) is 0 Å². The van der Waals surface area contributed by atoms with Crippen LogP contribution in [0.4, 0.5) is 0 Å². The molecule has 0 aromatic carbocycles. The molecule has 1 saturated carbocycles. The van der Waals surface area contributed by atoms with E-state index in [2.05, 4.69) is 20.2 Å². The molecule has 1 aromatic rings. The first-order chi connectivity index (χ1) is 10.1. The van der Waals surface area contributed by atoms with Crippen LogP contribution in [0.1, 0.15) is 41.9 Å². The van der Waals surface area contributed by atoms with Crippen molar-refractivity contribution in [2.24, 2.45) is 0 Å². The number of carbonyl (C=O) groups excluding carboxylic acids is 1. The van der Waals surface area contributed by atoms with Gasteiger partial charge in [-0.3, -0.25) is 14.7 Å². The van der Waals surface area contributed by atoms with Crippen LogP contribution in [0.2, 0.25) is 0 Å². The number of likely N-dealkylation sites (tertiary alicyclic amines) is 1. The Morgan fingerprint density at radius 1 is 1.29 bits per heavy atom. The van der Waals surface area contributed by atoms with Crippen molar-refractivity contribution in [3.63, 3.8) is 0 Å². The number of nitrogens with one attached hydrogen (secondary N) is 1. The molecule has 0 unspecified atom stereocenters. The highest BCUT2D eigenvalue weighted by molar-refractivity contribution is 5.92. The fourth-order valence-corrected chi connectivity index (χ4v) is 3.34.